The third kappa shape index (κ3) is 7.45. The minimum atomic E-state index is 0.191. The molecule has 3 rings (SSSR count). The van der Waals surface area contributed by atoms with Gasteiger partial charge in [0.25, 0.3) is 0 Å². The van der Waals surface area contributed by atoms with Crippen LogP contribution in [0.4, 0.5) is 0 Å². The van der Waals surface area contributed by atoms with Crippen molar-refractivity contribution in [2.24, 2.45) is 0 Å². The monoisotopic (exact) mass is 418 g/mol. The molecule has 0 heterocycles. The Balaban J connectivity index is 1.59. The first-order valence-electron chi connectivity index (χ1n) is 11.4. The van der Waals surface area contributed by atoms with Crippen molar-refractivity contribution in [2.45, 2.75) is 58.8 Å². The van der Waals surface area contributed by atoms with E-state index in [1.54, 1.807) is 0 Å². The number of hydrogen-bond donors (Lipinski definition) is 1. The van der Waals surface area contributed by atoms with Crippen LogP contribution in [0.5, 0.6) is 11.5 Å². The van der Waals surface area contributed by atoms with Gasteiger partial charge in [-0.25, -0.2) is 0 Å². The first kappa shape index (κ1) is 22.9. The standard InChI is InChI=1S/C28H35NO2/c1-21(2)30-26-14-10-23(11-15-26)20-29-19-18-28(24-8-6-5-7-9-24)25-12-16-27(17-13-25)31-22(3)4/h5-17,21-22,28-29H,18-20H2,1-4H3/p+1/t28-/m1/s1. The maximum absolute atomic E-state index is 5.82. The fraction of sp³-hybridized carbons (Fsp3) is 0.357. The molecule has 0 radical (unpaired) electrons. The Morgan fingerprint density at radius 1 is 0.645 bits per heavy atom. The van der Waals surface area contributed by atoms with Gasteiger partial charge in [0, 0.05) is 17.9 Å². The van der Waals surface area contributed by atoms with Crippen LogP contribution in [0.3, 0.4) is 0 Å². The number of benzene rings is 3. The summed E-state index contributed by atoms with van der Waals surface area (Å²) < 4.78 is 11.6. The van der Waals surface area contributed by atoms with Gasteiger partial charge >= 0.3 is 0 Å². The summed E-state index contributed by atoms with van der Waals surface area (Å²) in [5.41, 5.74) is 4.03. The lowest BCUT2D eigenvalue weighted by atomic mass is 9.88. The SMILES string of the molecule is CC(C)Oc1ccc(C[NH2+]CC[C@H](c2ccccc2)c2ccc(OC(C)C)cc2)cc1. The van der Waals surface area contributed by atoms with E-state index in [1.165, 1.54) is 16.7 Å². The smallest absolute Gasteiger partial charge is 0.119 e. The summed E-state index contributed by atoms with van der Waals surface area (Å²) >= 11 is 0. The Hall–Kier alpha value is -2.78. The molecule has 2 N–H and O–H groups in total. The average Bonchev–Trinajstić information content (AvgIpc) is 2.75. The Morgan fingerprint density at radius 2 is 1.16 bits per heavy atom. The highest BCUT2D eigenvalue weighted by Gasteiger charge is 2.15. The van der Waals surface area contributed by atoms with Crippen molar-refractivity contribution in [3.63, 3.8) is 0 Å². The predicted molar refractivity (Wildman–Crippen MR) is 128 cm³/mol. The van der Waals surface area contributed by atoms with E-state index in [2.05, 4.69) is 112 Å². The van der Waals surface area contributed by atoms with Gasteiger partial charge in [0.05, 0.1) is 18.8 Å². The molecule has 3 heteroatoms. The van der Waals surface area contributed by atoms with E-state index in [-0.39, 0.29) is 12.2 Å². The summed E-state index contributed by atoms with van der Waals surface area (Å²) in [7, 11) is 0. The molecule has 31 heavy (non-hydrogen) atoms. The number of rotatable bonds is 11. The molecule has 0 saturated heterocycles. The quantitative estimate of drug-likeness (QED) is 0.415. The second kappa shape index (κ2) is 11.6. The summed E-state index contributed by atoms with van der Waals surface area (Å²) in [4.78, 5) is 0. The summed E-state index contributed by atoms with van der Waals surface area (Å²) in [5.74, 6) is 2.25. The van der Waals surface area contributed by atoms with Crippen LogP contribution >= 0.6 is 0 Å². The third-order valence-corrected chi connectivity index (χ3v) is 5.19. The lowest BCUT2D eigenvalue weighted by molar-refractivity contribution is -0.671. The summed E-state index contributed by atoms with van der Waals surface area (Å²) in [6.45, 7) is 10.3. The van der Waals surface area contributed by atoms with Crippen molar-refractivity contribution in [3.05, 3.63) is 95.6 Å². The average molecular weight is 419 g/mol. The zero-order chi connectivity index (χ0) is 22.1. The summed E-state index contributed by atoms with van der Waals surface area (Å²) in [5, 5.41) is 2.39. The topological polar surface area (TPSA) is 35.1 Å². The Kier molecular flexibility index (Phi) is 8.54. The van der Waals surface area contributed by atoms with E-state index in [0.717, 1.165) is 31.0 Å². The van der Waals surface area contributed by atoms with E-state index in [1.807, 2.05) is 0 Å². The van der Waals surface area contributed by atoms with Gasteiger partial charge in [-0.15, -0.1) is 0 Å². The minimum absolute atomic E-state index is 0.191. The first-order chi connectivity index (χ1) is 15.0. The highest BCUT2D eigenvalue weighted by atomic mass is 16.5. The van der Waals surface area contributed by atoms with Crippen LogP contribution in [0, 0.1) is 0 Å². The molecule has 0 aliphatic rings. The molecule has 3 aromatic rings. The maximum Gasteiger partial charge on any atom is 0.119 e. The van der Waals surface area contributed by atoms with Gasteiger partial charge < -0.3 is 14.8 Å². The highest BCUT2D eigenvalue weighted by Crippen LogP contribution is 2.29. The third-order valence-electron chi connectivity index (χ3n) is 5.19. The molecular formula is C28H36NO2+. The van der Waals surface area contributed by atoms with E-state index >= 15 is 0 Å². The van der Waals surface area contributed by atoms with Crippen LogP contribution in [-0.2, 0) is 6.54 Å². The van der Waals surface area contributed by atoms with Crippen LogP contribution in [0.15, 0.2) is 78.9 Å². The zero-order valence-electron chi connectivity index (χ0n) is 19.3. The van der Waals surface area contributed by atoms with Crippen molar-refractivity contribution < 1.29 is 14.8 Å². The number of quaternary nitrogens is 1. The molecule has 0 spiro atoms. The second-order valence-corrected chi connectivity index (χ2v) is 8.58. The number of ether oxygens (including phenoxy) is 2. The lowest BCUT2D eigenvalue weighted by Gasteiger charge is -2.18. The minimum Gasteiger partial charge on any atom is -0.491 e. The van der Waals surface area contributed by atoms with Gasteiger partial charge in [-0.1, -0.05) is 42.5 Å². The molecule has 0 bridgehead atoms. The molecular weight excluding hydrogens is 382 g/mol. The van der Waals surface area contributed by atoms with E-state index in [0.29, 0.717) is 5.92 Å². The van der Waals surface area contributed by atoms with E-state index in [4.69, 9.17) is 9.47 Å². The van der Waals surface area contributed by atoms with Crippen LogP contribution < -0.4 is 14.8 Å². The normalized spacial score (nSPS) is 12.2. The number of nitrogens with two attached hydrogens (primary N) is 1. The fourth-order valence-electron chi connectivity index (χ4n) is 3.79. The summed E-state index contributed by atoms with van der Waals surface area (Å²) in [6, 6.07) is 27.9. The fourth-order valence-corrected chi connectivity index (χ4v) is 3.79. The van der Waals surface area contributed by atoms with Crippen LogP contribution in [0.2, 0.25) is 0 Å². The molecule has 0 unspecified atom stereocenters. The molecule has 0 aliphatic carbocycles. The van der Waals surface area contributed by atoms with Gasteiger partial charge in [-0.2, -0.15) is 0 Å². The highest BCUT2D eigenvalue weighted by molar-refractivity contribution is 5.36. The predicted octanol–water partition coefficient (Wildman–Crippen LogP) is 5.55. The largest absolute Gasteiger partial charge is 0.491 e. The van der Waals surface area contributed by atoms with Crippen molar-refractivity contribution in [1.29, 1.82) is 0 Å². The van der Waals surface area contributed by atoms with Crippen LogP contribution in [-0.4, -0.2) is 18.8 Å². The van der Waals surface area contributed by atoms with Crippen LogP contribution in [0.25, 0.3) is 0 Å². The molecule has 3 aromatic carbocycles. The van der Waals surface area contributed by atoms with Crippen LogP contribution in [0.1, 0.15) is 56.7 Å². The van der Waals surface area contributed by atoms with Gasteiger partial charge in [0.15, 0.2) is 0 Å². The van der Waals surface area contributed by atoms with E-state index < -0.39 is 0 Å². The molecule has 0 amide bonds. The first-order valence-corrected chi connectivity index (χ1v) is 11.4. The van der Waals surface area contributed by atoms with E-state index in [9.17, 15) is 0 Å². The zero-order valence-corrected chi connectivity index (χ0v) is 19.3. The van der Waals surface area contributed by atoms with Gasteiger partial charge in [0.1, 0.15) is 18.0 Å². The number of hydrogen-bond acceptors (Lipinski definition) is 2. The lowest BCUT2D eigenvalue weighted by Crippen LogP contribution is -2.82. The van der Waals surface area contributed by atoms with Crippen molar-refractivity contribution >= 4 is 0 Å². The molecule has 0 aliphatic heterocycles. The molecule has 1 atom stereocenters. The Morgan fingerprint density at radius 3 is 1.71 bits per heavy atom. The molecule has 0 aromatic heterocycles. The van der Waals surface area contributed by atoms with Crippen molar-refractivity contribution in [3.8, 4) is 11.5 Å². The molecule has 0 saturated carbocycles. The molecule has 3 nitrogen and oxygen atoms in total. The Labute approximate surface area is 187 Å². The van der Waals surface area contributed by atoms with Gasteiger partial charge in [-0.3, -0.25) is 0 Å². The maximum atomic E-state index is 5.82. The molecule has 164 valence electrons. The summed E-state index contributed by atoms with van der Waals surface area (Å²) in [6.07, 6.45) is 1.48. The Bertz CT molecular complexity index is 887. The van der Waals surface area contributed by atoms with Gasteiger partial charge in [0.2, 0.25) is 0 Å². The van der Waals surface area contributed by atoms with Crippen molar-refractivity contribution in [1.82, 2.24) is 0 Å². The second-order valence-electron chi connectivity index (χ2n) is 8.58. The van der Waals surface area contributed by atoms with Gasteiger partial charge in [-0.05, 0) is 75.2 Å². The van der Waals surface area contributed by atoms with Crippen molar-refractivity contribution in [2.75, 3.05) is 6.54 Å². The molecule has 0 fully saturated rings.